The van der Waals surface area contributed by atoms with E-state index in [0.29, 0.717) is 29.2 Å². The average Bonchev–Trinajstić information content (AvgIpc) is 3.58. The number of amides is 2. The van der Waals surface area contributed by atoms with Crippen molar-refractivity contribution in [2.45, 2.75) is 38.3 Å². The lowest BCUT2D eigenvalue weighted by Crippen LogP contribution is -2.46. The van der Waals surface area contributed by atoms with E-state index in [9.17, 15) is 18.8 Å². The first-order chi connectivity index (χ1) is 18.0. The Kier molecular flexibility index (Phi) is 8.23. The van der Waals surface area contributed by atoms with Gasteiger partial charge in [-0.15, -0.1) is 0 Å². The summed E-state index contributed by atoms with van der Waals surface area (Å²) in [5.41, 5.74) is 1.27. The van der Waals surface area contributed by atoms with Crippen LogP contribution in [0.4, 0.5) is 4.39 Å². The van der Waals surface area contributed by atoms with Gasteiger partial charge in [0.05, 0.1) is 5.56 Å². The first-order valence-electron chi connectivity index (χ1n) is 12.8. The van der Waals surface area contributed by atoms with Crippen LogP contribution in [0.25, 0.3) is 12.2 Å². The molecule has 202 valence electrons. The zero-order chi connectivity index (χ0) is 27.6. The quantitative estimate of drug-likeness (QED) is 0.321. The molecule has 1 atom stereocenters. The van der Waals surface area contributed by atoms with Gasteiger partial charge < -0.3 is 14.4 Å². The Hall–Kier alpha value is -3.23. The molecule has 2 saturated heterocycles. The van der Waals surface area contributed by atoms with Crippen LogP contribution in [0, 0.1) is 5.82 Å². The van der Waals surface area contributed by atoms with Crippen molar-refractivity contribution < 1.29 is 18.8 Å². The summed E-state index contributed by atoms with van der Waals surface area (Å²) in [6.07, 6.45) is 9.39. The molecule has 2 aliphatic rings. The number of ketones is 1. The minimum absolute atomic E-state index is 0.0786. The number of carbonyl (C=O) groups is 3. The Morgan fingerprint density at radius 2 is 1.84 bits per heavy atom. The van der Waals surface area contributed by atoms with Crippen LogP contribution in [0.15, 0.2) is 41.6 Å². The van der Waals surface area contributed by atoms with Gasteiger partial charge in [-0.05, 0) is 56.5 Å². The highest BCUT2D eigenvalue weighted by Crippen LogP contribution is 2.38. The van der Waals surface area contributed by atoms with Gasteiger partial charge in [-0.25, -0.2) is 4.39 Å². The Balaban J connectivity index is 1.51. The molecule has 2 aliphatic heterocycles. The molecule has 4 rings (SSSR count). The maximum absolute atomic E-state index is 13.3. The highest BCUT2D eigenvalue weighted by Gasteiger charge is 2.46. The topological polar surface area (TPSA) is 65.9 Å². The van der Waals surface area contributed by atoms with Crippen molar-refractivity contribution in [1.29, 1.82) is 0 Å². The molecule has 0 radical (unpaired) electrons. The van der Waals surface area contributed by atoms with E-state index in [-0.39, 0.29) is 22.3 Å². The molecule has 2 fully saturated rings. The summed E-state index contributed by atoms with van der Waals surface area (Å²) >= 11 is 6.52. The fourth-order valence-corrected chi connectivity index (χ4v) is 5.78. The molecule has 1 aromatic heterocycles. The number of rotatable bonds is 6. The normalized spacial score (nSPS) is 21.1. The third-order valence-electron chi connectivity index (χ3n) is 7.61. The number of hydrogen-bond acceptors (Lipinski definition) is 4. The van der Waals surface area contributed by atoms with Crippen molar-refractivity contribution in [2.75, 3.05) is 33.7 Å². The molecule has 2 amide bonds. The van der Waals surface area contributed by atoms with Crippen LogP contribution >= 0.6 is 11.6 Å². The Morgan fingerprint density at radius 1 is 1.13 bits per heavy atom. The number of aromatic nitrogens is 1. The first kappa shape index (κ1) is 27.8. The lowest BCUT2D eigenvalue weighted by Gasteiger charge is -2.35. The smallest absolute Gasteiger partial charge is 0.294 e. The van der Waals surface area contributed by atoms with Crippen LogP contribution in [0.5, 0.6) is 0 Å². The van der Waals surface area contributed by atoms with Gasteiger partial charge in [0.25, 0.3) is 11.7 Å². The van der Waals surface area contributed by atoms with Crippen molar-refractivity contribution >= 4 is 41.4 Å². The van der Waals surface area contributed by atoms with E-state index in [4.69, 9.17) is 11.6 Å². The summed E-state index contributed by atoms with van der Waals surface area (Å²) in [6, 6.07) is 6.61. The lowest BCUT2D eigenvalue weighted by atomic mass is 9.94. The number of carbonyl (C=O) groups excluding carboxylic acids is 3. The van der Waals surface area contributed by atoms with Crippen molar-refractivity contribution in [2.24, 2.45) is 7.05 Å². The Labute approximate surface area is 227 Å². The number of Topliss-reactive ketones (excluding diaryl/α,β-unsaturated/α-hetero) is 1. The van der Waals surface area contributed by atoms with E-state index in [0.717, 1.165) is 37.9 Å². The van der Waals surface area contributed by atoms with Crippen LogP contribution in [0.2, 0.25) is 0 Å². The van der Waals surface area contributed by atoms with Gasteiger partial charge in [0, 0.05) is 74.2 Å². The maximum atomic E-state index is 13.3. The highest BCUT2D eigenvalue weighted by atomic mass is 35.5. The highest BCUT2D eigenvalue weighted by molar-refractivity contribution is 6.42. The SMILES string of the molecule is C/C=c1/c(C(=O)C(=O)N(C)C)cn(C)/c1=C/C(Cl)=C/C(=O)N1CCC2(CCCN2Cc2ccc(F)cc2)C1. The average molecular weight is 541 g/mol. The second-order valence-corrected chi connectivity index (χ2v) is 10.8. The maximum Gasteiger partial charge on any atom is 0.294 e. The molecule has 38 heavy (non-hydrogen) atoms. The standard InChI is InChI=1S/C29H34ClFN4O3/c1-5-23-24(27(37)28(38)32(2)3)18-33(4)25(23)15-21(30)16-26(36)34-14-12-29(19-34)11-6-13-35(29)17-20-7-9-22(31)10-8-20/h5,7-10,15-16,18H,6,11-14,17,19H2,1-4H3/b21-16-,23-5-,25-15+. The van der Waals surface area contributed by atoms with Crippen LogP contribution in [-0.2, 0) is 23.2 Å². The van der Waals surface area contributed by atoms with Gasteiger partial charge in [-0.1, -0.05) is 29.8 Å². The minimum atomic E-state index is -0.606. The van der Waals surface area contributed by atoms with Gasteiger partial charge >= 0.3 is 0 Å². The van der Waals surface area contributed by atoms with E-state index >= 15 is 0 Å². The molecule has 1 aromatic carbocycles. The largest absolute Gasteiger partial charge is 0.350 e. The first-order valence-corrected chi connectivity index (χ1v) is 13.2. The van der Waals surface area contributed by atoms with E-state index in [1.807, 2.05) is 17.0 Å². The van der Waals surface area contributed by atoms with Crippen molar-refractivity contribution in [1.82, 2.24) is 19.3 Å². The summed E-state index contributed by atoms with van der Waals surface area (Å²) in [4.78, 5) is 43.6. The van der Waals surface area contributed by atoms with Gasteiger partial charge in [-0.3, -0.25) is 19.3 Å². The molecule has 0 saturated carbocycles. The number of likely N-dealkylation sites (tertiary alicyclic amines) is 2. The molecule has 1 spiro atoms. The number of hydrogen-bond donors (Lipinski definition) is 0. The second kappa shape index (κ2) is 11.3. The van der Waals surface area contributed by atoms with E-state index in [1.54, 1.807) is 36.9 Å². The van der Waals surface area contributed by atoms with Gasteiger partial charge in [0.15, 0.2) is 0 Å². The van der Waals surface area contributed by atoms with E-state index < -0.39 is 11.7 Å². The Morgan fingerprint density at radius 3 is 2.50 bits per heavy atom. The lowest BCUT2D eigenvalue weighted by molar-refractivity contribution is -0.125. The fourth-order valence-electron chi connectivity index (χ4n) is 5.58. The molecular formula is C29H34ClFN4O3. The zero-order valence-electron chi connectivity index (χ0n) is 22.3. The summed E-state index contributed by atoms with van der Waals surface area (Å²) in [5, 5.41) is 1.47. The van der Waals surface area contributed by atoms with Crippen LogP contribution in [0.3, 0.4) is 0 Å². The van der Waals surface area contributed by atoms with Crippen molar-refractivity contribution in [3.05, 3.63) is 69.1 Å². The number of halogens is 2. The molecule has 9 heteroatoms. The van der Waals surface area contributed by atoms with Crippen molar-refractivity contribution in [3.63, 3.8) is 0 Å². The zero-order valence-corrected chi connectivity index (χ0v) is 23.1. The fraction of sp³-hybridized carbons (Fsp3) is 0.414. The van der Waals surface area contributed by atoms with Crippen LogP contribution in [-0.4, -0.2) is 76.1 Å². The molecule has 0 N–H and O–H groups in total. The predicted molar refractivity (Wildman–Crippen MR) is 146 cm³/mol. The van der Waals surface area contributed by atoms with Crippen LogP contribution < -0.4 is 10.6 Å². The number of nitrogens with zero attached hydrogens (tertiary/aromatic N) is 4. The summed E-state index contributed by atoms with van der Waals surface area (Å²) in [7, 11) is 4.83. The van der Waals surface area contributed by atoms with E-state index in [1.165, 1.54) is 37.2 Å². The van der Waals surface area contributed by atoms with Crippen molar-refractivity contribution in [3.8, 4) is 0 Å². The summed E-state index contributed by atoms with van der Waals surface area (Å²) in [6.45, 7) is 4.73. The van der Waals surface area contributed by atoms with Gasteiger partial charge in [0.2, 0.25) is 5.91 Å². The molecule has 1 unspecified atom stereocenters. The minimum Gasteiger partial charge on any atom is -0.350 e. The summed E-state index contributed by atoms with van der Waals surface area (Å²) < 4.78 is 15.1. The predicted octanol–water partition coefficient (Wildman–Crippen LogP) is 2.41. The third-order valence-corrected chi connectivity index (χ3v) is 7.83. The summed E-state index contributed by atoms with van der Waals surface area (Å²) in [5.74, 6) is -1.61. The third kappa shape index (κ3) is 5.61. The number of aryl methyl sites for hydroxylation is 1. The van der Waals surface area contributed by atoms with Crippen LogP contribution in [0.1, 0.15) is 42.1 Å². The van der Waals surface area contributed by atoms with E-state index in [2.05, 4.69) is 4.90 Å². The molecule has 0 aliphatic carbocycles. The molecule has 2 aromatic rings. The second-order valence-electron chi connectivity index (χ2n) is 10.3. The molecular weight excluding hydrogens is 507 g/mol. The van der Waals surface area contributed by atoms with Gasteiger partial charge in [0.1, 0.15) is 5.82 Å². The number of benzene rings is 1. The monoisotopic (exact) mass is 540 g/mol. The molecule has 7 nitrogen and oxygen atoms in total. The van der Waals surface area contributed by atoms with Gasteiger partial charge in [-0.2, -0.15) is 0 Å². The number of likely N-dealkylation sites (N-methyl/N-ethyl adjacent to an activating group) is 1. The Bertz CT molecular complexity index is 1400. The molecule has 0 bridgehead atoms. The molecule has 3 heterocycles. The number of allylic oxidation sites excluding steroid dienone is 1.